The Kier molecular flexibility index (Phi) is 4.97. The molecule has 0 fully saturated rings. The number of benzene rings is 3. The fourth-order valence-electron chi connectivity index (χ4n) is 2.27. The first-order valence-corrected chi connectivity index (χ1v) is 9.43. The van der Waals surface area contributed by atoms with Crippen LogP contribution in [0.25, 0.3) is 0 Å². The van der Waals surface area contributed by atoms with Crippen LogP contribution in [0, 0.1) is 6.92 Å². The first-order chi connectivity index (χ1) is 12.0. The number of rotatable bonds is 5. The number of aryl methyl sites for hydroxylation is 1. The van der Waals surface area contributed by atoms with Gasteiger partial charge in [-0.05, 0) is 48.9 Å². The lowest BCUT2D eigenvalue weighted by molar-refractivity contribution is 0.485. The quantitative estimate of drug-likeness (QED) is 0.665. The van der Waals surface area contributed by atoms with Gasteiger partial charge in [-0.25, -0.2) is 8.42 Å². The highest BCUT2D eigenvalue weighted by Gasteiger charge is 2.20. The lowest BCUT2D eigenvalue weighted by Gasteiger charge is -2.14. The van der Waals surface area contributed by atoms with Gasteiger partial charge >= 0.3 is 0 Å². The normalized spacial score (nSPS) is 11.1. The molecular formula is C19H16ClNO3S. The SMILES string of the molecule is Cc1ccc(Cl)c(S(=O)(=O)Nc2ccccc2Oc2ccccc2)c1. The van der Waals surface area contributed by atoms with Crippen molar-refractivity contribution in [1.29, 1.82) is 0 Å². The summed E-state index contributed by atoms with van der Waals surface area (Å²) in [6.07, 6.45) is 0. The molecule has 0 aliphatic rings. The first kappa shape index (κ1) is 17.3. The summed E-state index contributed by atoms with van der Waals surface area (Å²) < 4.78 is 33.8. The van der Waals surface area contributed by atoms with Gasteiger partial charge < -0.3 is 4.74 Å². The van der Waals surface area contributed by atoms with Crippen molar-refractivity contribution in [2.75, 3.05) is 4.72 Å². The average Bonchev–Trinajstić information content (AvgIpc) is 2.59. The Balaban J connectivity index is 1.94. The summed E-state index contributed by atoms with van der Waals surface area (Å²) in [6.45, 7) is 1.81. The Bertz CT molecular complexity index is 989. The molecule has 0 bridgehead atoms. The minimum Gasteiger partial charge on any atom is -0.455 e. The van der Waals surface area contributed by atoms with Gasteiger partial charge in [-0.1, -0.05) is 48.0 Å². The molecule has 6 heteroatoms. The molecule has 0 amide bonds. The second kappa shape index (κ2) is 7.17. The van der Waals surface area contributed by atoms with E-state index in [0.29, 0.717) is 17.2 Å². The van der Waals surface area contributed by atoms with Gasteiger partial charge in [0, 0.05) is 0 Å². The Hall–Kier alpha value is -2.50. The van der Waals surface area contributed by atoms with Gasteiger partial charge in [0.2, 0.25) is 0 Å². The van der Waals surface area contributed by atoms with E-state index in [0.717, 1.165) is 5.56 Å². The maximum atomic E-state index is 12.7. The molecule has 0 saturated carbocycles. The van der Waals surface area contributed by atoms with E-state index < -0.39 is 10.0 Å². The summed E-state index contributed by atoms with van der Waals surface area (Å²) in [5, 5.41) is 0.166. The third-order valence-electron chi connectivity index (χ3n) is 3.48. The molecule has 3 aromatic rings. The molecule has 0 unspecified atom stereocenters. The van der Waals surface area contributed by atoms with Crippen molar-refractivity contribution in [3.8, 4) is 11.5 Å². The highest BCUT2D eigenvalue weighted by Crippen LogP contribution is 2.32. The van der Waals surface area contributed by atoms with E-state index in [1.165, 1.54) is 6.07 Å². The van der Waals surface area contributed by atoms with Crippen LogP contribution in [-0.2, 0) is 10.0 Å². The van der Waals surface area contributed by atoms with Crippen LogP contribution in [0.3, 0.4) is 0 Å². The second-order valence-electron chi connectivity index (χ2n) is 5.45. The van der Waals surface area contributed by atoms with E-state index >= 15 is 0 Å². The van der Waals surface area contributed by atoms with Gasteiger partial charge in [0.1, 0.15) is 10.6 Å². The smallest absolute Gasteiger partial charge is 0.263 e. The van der Waals surface area contributed by atoms with E-state index in [2.05, 4.69) is 4.72 Å². The Labute approximate surface area is 152 Å². The van der Waals surface area contributed by atoms with Crippen molar-refractivity contribution in [3.05, 3.63) is 83.4 Å². The zero-order valence-electron chi connectivity index (χ0n) is 13.4. The van der Waals surface area contributed by atoms with Gasteiger partial charge in [0.15, 0.2) is 5.75 Å². The summed E-state index contributed by atoms with van der Waals surface area (Å²) in [6, 6.07) is 20.8. The third-order valence-corrected chi connectivity index (χ3v) is 5.33. The van der Waals surface area contributed by atoms with Crippen molar-refractivity contribution in [2.45, 2.75) is 11.8 Å². The maximum absolute atomic E-state index is 12.7. The Morgan fingerprint density at radius 1 is 0.920 bits per heavy atom. The lowest BCUT2D eigenvalue weighted by Crippen LogP contribution is -2.14. The summed E-state index contributed by atoms with van der Waals surface area (Å²) in [5.74, 6) is 1.02. The minimum absolute atomic E-state index is 0.0312. The maximum Gasteiger partial charge on any atom is 0.263 e. The number of anilines is 1. The average molecular weight is 374 g/mol. The van der Waals surface area contributed by atoms with E-state index in [9.17, 15) is 8.42 Å². The third kappa shape index (κ3) is 4.13. The number of hydrogen-bond acceptors (Lipinski definition) is 3. The number of sulfonamides is 1. The largest absolute Gasteiger partial charge is 0.455 e. The molecule has 0 heterocycles. The predicted octanol–water partition coefficient (Wildman–Crippen LogP) is 5.24. The topological polar surface area (TPSA) is 55.4 Å². The predicted molar refractivity (Wildman–Crippen MR) is 100.0 cm³/mol. The minimum atomic E-state index is -3.84. The summed E-state index contributed by atoms with van der Waals surface area (Å²) >= 11 is 6.07. The van der Waals surface area contributed by atoms with Crippen LogP contribution >= 0.6 is 11.6 Å². The molecule has 0 spiro atoms. The van der Waals surface area contributed by atoms with Crippen LogP contribution in [0.1, 0.15) is 5.56 Å². The number of para-hydroxylation sites is 3. The first-order valence-electron chi connectivity index (χ1n) is 7.56. The number of halogens is 1. The van der Waals surface area contributed by atoms with Gasteiger partial charge in [-0.15, -0.1) is 0 Å². The molecule has 0 atom stereocenters. The molecule has 3 rings (SSSR count). The van der Waals surface area contributed by atoms with Crippen molar-refractivity contribution in [3.63, 3.8) is 0 Å². The molecule has 0 aromatic heterocycles. The summed E-state index contributed by atoms with van der Waals surface area (Å²) in [5.41, 5.74) is 1.14. The molecular weight excluding hydrogens is 358 g/mol. The van der Waals surface area contributed by atoms with Crippen molar-refractivity contribution >= 4 is 27.3 Å². The van der Waals surface area contributed by atoms with Crippen molar-refractivity contribution in [2.24, 2.45) is 0 Å². The Morgan fingerprint density at radius 3 is 2.36 bits per heavy atom. The summed E-state index contributed by atoms with van der Waals surface area (Å²) in [4.78, 5) is 0.0312. The van der Waals surface area contributed by atoms with E-state index in [4.69, 9.17) is 16.3 Å². The zero-order chi connectivity index (χ0) is 17.9. The molecule has 128 valence electrons. The van der Waals surface area contributed by atoms with E-state index in [1.54, 1.807) is 48.5 Å². The molecule has 4 nitrogen and oxygen atoms in total. The van der Waals surface area contributed by atoms with Gasteiger partial charge in [-0.2, -0.15) is 0 Å². The molecule has 25 heavy (non-hydrogen) atoms. The number of ether oxygens (including phenoxy) is 1. The fraction of sp³-hybridized carbons (Fsp3) is 0.0526. The molecule has 0 radical (unpaired) electrons. The standard InChI is InChI=1S/C19H16ClNO3S/c1-14-11-12-16(20)19(13-14)25(22,23)21-17-9-5-6-10-18(17)24-15-7-3-2-4-8-15/h2-13,21H,1H3. The van der Waals surface area contributed by atoms with Crippen LogP contribution in [-0.4, -0.2) is 8.42 Å². The van der Waals surface area contributed by atoms with Crippen LogP contribution < -0.4 is 9.46 Å². The highest BCUT2D eigenvalue weighted by atomic mass is 35.5. The lowest BCUT2D eigenvalue weighted by atomic mass is 10.2. The highest BCUT2D eigenvalue weighted by molar-refractivity contribution is 7.92. The van der Waals surface area contributed by atoms with Crippen molar-refractivity contribution in [1.82, 2.24) is 0 Å². The number of nitrogens with one attached hydrogen (secondary N) is 1. The van der Waals surface area contributed by atoms with E-state index in [-0.39, 0.29) is 9.92 Å². The van der Waals surface area contributed by atoms with Crippen molar-refractivity contribution < 1.29 is 13.2 Å². The fourth-order valence-corrected chi connectivity index (χ4v) is 3.93. The molecule has 0 saturated heterocycles. The number of hydrogen-bond donors (Lipinski definition) is 1. The van der Waals surface area contributed by atoms with Gasteiger partial charge in [0.25, 0.3) is 10.0 Å². The van der Waals surface area contributed by atoms with Crippen LogP contribution in [0.4, 0.5) is 5.69 Å². The van der Waals surface area contributed by atoms with Gasteiger partial charge in [-0.3, -0.25) is 4.72 Å². The van der Waals surface area contributed by atoms with Crippen LogP contribution in [0.2, 0.25) is 5.02 Å². The van der Waals surface area contributed by atoms with Gasteiger partial charge in [0.05, 0.1) is 10.7 Å². The van der Waals surface area contributed by atoms with Crippen LogP contribution in [0.5, 0.6) is 11.5 Å². The second-order valence-corrected chi connectivity index (χ2v) is 7.51. The molecule has 0 aliphatic heterocycles. The monoisotopic (exact) mass is 373 g/mol. The Morgan fingerprint density at radius 2 is 1.60 bits per heavy atom. The van der Waals surface area contributed by atoms with Crippen LogP contribution in [0.15, 0.2) is 77.7 Å². The summed E-state index contributed by atoms with van der Waals surface area (Å²) in [7, 11) is -3.84. The molecule has 3 aromatic carbocycles. The van der Waals surface area contributed by atoms with E-state index in [1.807, 2.05) is 25.1 Å². The molecule has 1 N–H and O–H groups in total. The molecule has 0 aliphatic carbocycles. The zero-order valence-corrected chi connectivity index (χ0v) is 15.0.